The van der Waals surface area contributed by atoms with Crippen LogP contribution >= 0.6 is 11.6 Å². The first-order valence-electron chi connectivity index (χ1n) is 5.98. The topological polar surface area (TPSA) is 92.5 Å². The van der Waals surface area contributed by atoms with Crippen LogP contribution in [0.1, 0.15) is 5.56 Å². The molecule has 2 aromatic carbocycles. The van der Waals surface area contributed by atoms with Gasteiger partial charge < -0.3 is 10.4 Å². The number of nitrogens with zero attached hydrogens (tertiary/aromatic N) is 1. The molecule has 0 radical (unpaired) electrons. The molecule has 2 N–H and O–H groups in total. The Kier molecular flexibility index (Phi) is 4.39. The number of halogens is 1. The largest absolute Gasteiger partial charge is 0.506 e. The van der Waals surface area contributed by atoms with E-state index in [1.54, 1.807) is 6.07 Å². The predicted molar refractivity (Wildman–Crippen MR) is 78.5 cm³/mol. The lowest BCUT2D eigenvalue weighted by atomic mass is 10.1. The average Bonchev–Trinajstić information content (AvgIpc) is 2.43. The van der Waals surface area contributed by atoms with Crippen LogP contribution in [0.25, 0.3) is 0 Å². The van der Waals surface area contributed by atoms with Gasteiger partial charge in [0, 0.05) is 23.4 Å². The van der Waals surface area contributed by atoms with Crippen LogP contribution in [0.4, 0.5) is 11.4 Å². The summed E-state index contributed by atoms with van der Waals surface area (Å²) in [6, 6.07) is 10.3. The maximum atomic E-state index is 11.9. The molecule has 0 aromatic heterocycles. The van der Waals surface area contributed by atoms with E-state index < -0.39 is 10.8 Å². The number of benzene rings is 2. The molecule has 1 amide bonds. The second kappa shape index (κ2) is 6.23. The Morgan fingerprint density at radius 2 is 2.00 bits per heavy atom. The Labute approximate surface area is 125 Å². The summed E-state index contributed by atoms with van der Waals surface area (Å²) in [5, 5.41) is 23.0. The number of nitro groups is 1. The fourth-order valence-electron chi connectivity index (χ4n) is 1.81. The summed E-state index contributed by atoms with van der Waals surface area (Å²) in [5.74, 6) is -0.578. The fraction of sp³-hybridized carbons (Fsp3) is 0.0714. The van der Waals surface area contributed by atoms with Crippen molar-refractivity contribution in [2.75, 3.05) is 5.32 Å². The summed E-state index contributed by atoms with van der Waals surface area (Å²) in [7, 11) is 0. The molecule has 0 bridgehead atoms. The molecule has 0 aliphatic heterocycles. The van der Waals surface area contributed by atoms with E-state index in [0.717, 1.165) is 0 Å². The number of rotatable bonds is 4. The smallest absolute Gasteiger partial charge is 0.273 e. The summed E-state index contributed by atoms with van der Waals surface area (Å²) in [4.78, 5) is 22.2. The molecule has 0 heterocycles. The molecule has 0 atom stereocenters. The number of nitro benzene ring substituents is 1. The van der Waals surface area contributed by atoms with Crippen molar-refractivity contribution < 1.29 is 14.8 Å². The van der Waals surface area contributed by atoms with Gasteiger partial charge in [0.05, 0.1) is 16.4 Å². The Morgan fingerprint density at radius 1 is 1.29 bits per heavy atom. The molecule has 0 spiro atoms. The lowest BCUT2D eigenvalue weighted by molar-refractivity contribution is -0.385. The molecular formula is C14H11ClN2O4. The third-order valence-electron chi connectivity index (χ3n) is 2.77. The lowest BCUT2D eigenvalue weighted by Crippen LogP contribution is -2.15. The Hall–Kier alpha value is -2.60. The van der Waals surface area contributed by atoms with Gasteiger partial charge in [-0.2, -0.15) is 0 Å². The van der Waals surface area contributed by atoms with Crippen LogP contribution in [0.2, 0.25) is 5.02 Å². The van der Waals surface area contributed by atoms with E-state index in [0.29, 0.717) is 11.3 Å². The van der Waals surface area contributed by atoms with Gasteiger partial charge in [-0.1, -0.05) is 29.8 Å². The average molecular weight is 307 g/mol. The van der Waals surface area contributed by atoms with E-state index in [1.807, 2.05) is 0 Å². The highest BCUT2D eigenvalue weighted by Crippen LogP contribution is 2.26. The van der Waals surface area contributed by atoms with Crippen LogP contribution in [0, 0.1) is 10.1 Å². The van der Waals surface area contributed by atoms with E-state index in [9.17, 15) is 20.0 Å². The van der Waals surface area contributed by atoms with E-state index in [2.05, 4.69) is 5.32 Å². The minimum Gasteiger partial charge on any atom is -0.506 e. The maximum absolute atomic E-state index is 11.9. The number of hydrogen-bond donors (Lipinski definition) is 2. The number of hydrogen-bond acceptors (Lipinski definition) is 4. The van der Waals surface area contributed by atoms with Crippen LogP contribution in [0.15, 0.2) is 42.5 Å². The summed E-state index contributed by atoms with van der Waals surface area (Å²) in [6.07, 6.45) is -0.138. The van der Waals surface area contributed by atoms with Crippen molar-refractivity contribution in [3.63, 3.8) is 0 Å². The molecule has 0 saturated heterocycles. The van der Waals surface area contributed by atoms with Gasteiger partial charge in [-0.05, 0) is 12.1 Å². The summed E-state index contributed by atoms with van der Waals surface area (Å²) in [5.41, 5.74) is 0.574. The van der Waals surface area contributed by atoms with Crippen molar-refractivity contribution in [2.45, 2.75) is 6.42 Å². The summed E-state index contributed by atoms with van der Waals surface area (Å²) in [6.45, 7) is 0. The Morgan fingerprint density at radius 3 is 2.67 bits per heavy atom. The molecule has 7 heteroatoms. The number of para-hydroxylation sites is 1. The van der Waals surface area contributed by atoms with Crippen molar-refractivity contribution in [2.24, 2.45) is 0 Å². The molecule has 108 valence electrons. The number of nitrogens with one attached hydrogen (secondary N) is 1. The molecule has 6 nitrogen and oxygen atoms in total. The van der Waals surface area contributed by atoms with Crippen LogP contribution in [0.5, 0.6) is 5.75 Å². The number of amides is 1. The van der Waals surface area contributed by atoms with Crippen LogP contribution in [0.3, 0.4) is 0 Å². The van der Waals surface area contributed by atoms with Gasteiger partial charge in [0.1, 0.15) is 5.75 Å². The quantitative estimate of drug-likeness (QED) is 0.670. The van der Waals surface area contributed by atoms with Gasteiger partial charge in [0.2, 0.25) is 5.91 Å². The third-order valence-corrected chi connectivity index (χ3v) is 3.09. The van der Waals surface area contributed by atoms with E-state index in [1.165, 1.54) is 36.4 Å². The fourth-order valence-corrected chi connectivity index (χ4v) is 1.92. The zero-order valence-corrected chi connectivity index (χ0v) is 11.5. The van der Waals surface area contributed by atoms with Gasteiger partial charge in [-0.25, -0.2) is 0 Å². The van der Waals surface area contributed by atoms with Gasteiger partial charge in [0.25, 0.3) is 5.69 Å². The second-order valence-corrected chi connectivity index (χ2v) is 4.68. The molecule has 0 aliphatic carbocycles. The Bertz CT molecular complexity index is 703. The highest BCUT2D eigenvalue weighted by molar-refractivity contribution is 6.32. The second-order valence-electron chi connectivity index (χ2n) is 4.28. The molecule has 0 aliphatic rings. The van der Waals surface area contributed by atoms with Gasteiger partial charge in [-0.15, -0.1) is 0 Å². The monoisotopic (exact) mass is 306 g/mol. The molecule has 0 saturated carbocycles. The minimum absolute atomic E-state index is 0.105. The van der Waals surface area contributed by atoms with Crippen molar-refractivity contribution in [3.05, 3.63) is 63.2 Å². The number of phenols is 1. The molecule has 0 unspecified atom stereocenters. The first-order valence-corrected chi connectivity index (χ1v) is 6.36. The van der Waals surface area contributed by atoms with Gasteiger partial charge >= 0.3 is 0 Å². The highest BCUT2D eigenvalue weighted by atomic mass is 35.5. The van der Waals surface area contributed by atoms with Crippen LogP contribution in [-0.4, -0.2) is 15.9 Å². The highest BCUT2D eigenvalue weighted by Gasteiger charge is 2.15. The first-order chi connectivity index (χ1) is 9.97. The van der Waals surface area contributed by atoms with Crippen LogP contribution in [-0.2, 0) is 11.2 Å². The Balaban J connectivity index is 2.12. The predicted octanol–water partition coefficient (Wildman–Crippen LogP) is 3.14. The maximum Gasteiger partial charge on any atom is 0.273 e. The zero-order valence-electron chi connectivity index (χ0n) is 10.7. The molecule has 2 aromatic rings. The van der Waals surface area contributed by atoms with E-state index >= 15 is 0 Å². The lowest BCUT2D eigenvalue weighted by Gasteiger charge is -2.07. The number of phenolic OH excluding ortho intramolecular Hbond substituents is 1. The molecule has 21 heavy (non-hydrogen) atoms. The van der Waals surface area contributed by atoms with Crippen molar-refractivity contribution >= 4 is 28.9 Å². The molecular weight excluding hydrogens is 296 g/mol. The van der Waals surface area contributed by atoms with Crippen molar-refractivity contribution in [1.29, 1.82) is 0 Å². The SMILES string of the molecule is O=C(Cc1ccccc1[N+](=O)[O-])Nc1ccc(Cl)c(O)c1. The van der Waals surface area contributed by atoms with Crippen molar-refractivity contribution in [1.82, 2.24) is 0 Å². The zero-order chi connectivity index (χ0) is 15.4. The molecule has 2 rings (SSSR count). The van der Waals surface area contributed by atoms with Gasteiger partial charge in [0.15, 0.2) is 0 Å². The number of aromatic hydroxyl groups is 1. The van der Waals surface area contributed by atoms with E-state index in [-0.39, 0.29) is 22.9 Å². The number of carbonyl (C=O) groups is 1. The minimum atomic E-state index is -0.531. The number of carbonyl (C=O) groups excluding carboxylic acids is 1. The third kappa shape index (κ3) is 3.70. The molecule has 0 fully saturated rings. The van der Waals surface area contributed by atoms with E-state index in [4.69, 9.17) is 11.6 Å². The van der Waals surface area contributed by atoms with Crippen molar-refractivity contribution in [3.8, 4) is 5.75 Å². The standard InChI is InChI=1S/C14H11ClN2O4/c15-11-6-5-10(8-13(11)18)16-14(19)7-9-3-1-2-4-12(9)17(20)21/h1-6,8,18H,7H2,(H,16,19). The normalized spacial score (nSPS) is 10.1. The van der Waals surface area contributed by atoms with Gasteiger partial charge in [-0.3, -0.25) is 14.9 Å². The first kappa shape index (κ1) is 14.8. The summed E-state index contributed by atoms with van der Waals surface area (Å²) >= 11 is 5.66. The number of anilines is 1. The van der Waals surface area contributed by atoms with Crippen LogP contribution < -0.4 is 5.32 Å². The summed E-state index contributed by atoms with van der Waals surface area (Å²) < 4.78 is 0.